The van der Waals surface area contributed by atoms with E-state index >= 15 is 0 Å². The van der Waals surface area contributed by atoms with Crippen LogP contribution in [-0.2, 0) is 4.79 Å². The molecule has 0 saturated carbocycles. The van der Waals surface area contributed by atoms with Gasteiger partial charge in [0.2, 0.25) is 0 Å². The van der Waals surface area contributed by atoms with E-state index in [1.54, 1.807) is 21.1 Å². The average Bonchev–Trinajstić information content (AvgIpc) is 2.45. The highest BCUT2D eigenvalue weighted by molar-refractivity contribution is 5.80. The Morgan fingerprint density at radius 3 is 2.42 bits per heavy atom. The zero-order valence-corrected chi connectivity index (χ0v) is 12.1. The highest BCUT2D eigenvalue weighted by Gasteiger charge is 2.16. The summed E-state index contributed by atoms with van der Waals surface area (Å²) in [6, 6.07) is 5.91. The molecule has 0 saturated heterocycles. The van der Waals surface area contributed by atoms with Crippen molar-refractivity contribution in [3.8, 4) is 11.5 Å². The quantitative estimate of drug-likeness (QED) is 0.819. The fourth-order valence-corrected chi connectivity index (χ4v) is 1.66. The minimum absolute atomic E-state index is 0.172. The Labute approximate surface area is 114 Å². The van der Waals surface area contributed by atoms with Gasteiger partial charge in [-0.2, -0.15) is 0 Å². The molecule has 0 aliphatic heterocycles. The third-order valence-electron chi connectivity index (χ3n) is 3.04. The number of carbonyl (C=O) groups is 1. The molecule has 0 spiro atoms. The van der Waals surface area contributed by atoms with Crippen LogP contribution in [0.2, 0.25) is 0 Å². The molecule has 2 atom stereocenters. The Morgan fingerprint density at radius 2 is 1.89 bits per heavy atom. The van der Waals surface area contributed by atoms with Crippen LogP contribution in [0.15, 0.2) is 18.2 Å². The van der Waals surface area contributed by atoms with Crippen molar-refractivity contribution in [2.45, 2.75) is 26.0 Å². The van der Waals surface area contributed by atoms with Crippen LogP contribution >= 0.6 is 0 Å². The van der Waals surface area contributed by atoms with Gasteiger partial charge < -0.3 is 20.1 Å². The summed E-state index contributed by atoms with van der Waals surface area (Å²) in [5.41, 5.74) is 1.10. The van der Waals surface area contributed by atoms with E-state index < -0.39 is 6.10 Å². The zero-order chi connectivity index (χ0) is 14.4. The number of carbonyl (C=O) groups excluding carboxylic acids is 1. The molecule has 0 aliphatic rings. The third kappa shape index (κ3) is 3.86. The van der Waals surface area contributed by atoms with Crippen molar-refractivity contribution in [3.63, 3.8) is 0 Å². The first-order valence-electron chi connectivity index (χ1n) is 6.27. The summed E-state index contributed by atoms with van der Waals surface area (Å²) in [5.74, 6) is 1.01. The number of hydrogen-bond donors (Lipinski definition) is 2. The van der Waals surface area contributed by atoms with Gasteiger partial charge in [0, 0.05) is 13.1 Å². The zero-order valence-electron chi connectivity index (χ0n) is 12.1. The molecular weight excluding hydrogens is 244 g/mol. The van der Waals surface area contributed by atoms with Crippen LogP contribution in [0.5, 0.6) is 11.5 Å². The number of ether oxygens (including phenoxy) is 2. The van der Waals surface area contributed by atoms with Gasteiger partial charge in [-0.1, -0.05) is 6.07 Å². The van der Waals surface area contributed by atoms with Crippen LogP contribution < -0.4 is 20.1 Å². The first kappa shape index (κ1) is 15.3. The highest BCUT2D eigenvalue weighted by Crippen LogP contribution is 2.30. The van der Waals surface area contributed by atoms with Crippen molar-refractivity contribution in [2.24, 2.45) is 0 Å². The van der Waals surface area contributed by atoms with Crippen molar-refractivity contribution in [2.75, 3.05) is 21.2 Å². The monoisotopic (exact) mass is 266 g/mol. The predicted octanol–water partition coefficient (Wildman–Crippen LogP) is 1.49. The number of nitrogens with one attached hydrogen (secondary N) is 2. The molecular formula is C14H22N2O3. The van der Waals surface area contributed by atoms with Gasteiger partial charge in [0.05, 0.1) is 7.11 Å². The van der Waals surface area contributed by atoms with Gasteiger partial charge in [-0.15, -0.1) is 0 Å². The summed E-state index contributed by atoms with van der Waals surface area (Å²) in [5, 5.41) is 5.71. The Bertz CT molecular complexity index is 435. The number of hydrogen-bond acceptors (Lipinski definition) is 4. The van der Waals surface area contributed by atoms with Crippen molar-refractivity contribution >= 4 is 5.91 Å². The van der Waals surface area contributed by atoms with E-state index in [2.05, 4.69) is 17.6 Å². The molecule has 0 aliphatic carbocycles. The summed E-state index contributed by atoms with van der Waals surface area (Å²) in [4.78, 5) is 11.5. The molecule has 0 heterocycles. The van der Waals surface area contributed by atoms with Gasteiger partial charge in [-0.25, -0.2) is 0 Å². The molecule has 1 rings (SSSR count). The fraction of sp³-hybridized carbons (Fsp3) is 0.500. The van der Waals surface area contributed by atoms with Gasteiger partial charge >= 0.3 is 0 Å². The van der Waals surface area contributed by atoms with E-state index in [-0.39, 0.29) is 11.9 Å². The smallest absolute Gasteiger partial charge is 0.260 e. The van der Waals surface area contributed by atoms with E-state index in [0.29, 0.717) is 11.5 Å². The SMILES string of the molecule is CNC(=O)C(C)Oc1ccc(C(C)NC)cc1OC. The maximum absolute atomic E-state index is 11.5. The van der Waals surface area contributed by atoms with Gasteiger partial charge in [0.25, 0.3) is 5.91 Å². The lowest BCUT2D eigenvalue weighted by molar-refractivity contribution is -0.126. The van der Waals surface area contributed by atoms with Crippen LogP contribution in [0.4, 0.5) is 0 Å². The van der Waals surface area contributed by atoms with Crippen molar-refractivity contribution < 1.29 is 14.3 Å². The van der Waals surface area contributed by atoms with Crippen LogP contribution in [-0.4, -0.2) is 33.2 Å². The molecule has 19 heavy (non-hydrogen) atoms. The standard InChI is InChI=1S/C14H22N2O3/c1-9(15-3)11-6-7-12(13(8-11)18-5)19-10(2)14(17)16-4/h6-10,15H,1-5H3,(H,16,17). The Morgan fingerprint density at radius 1 is 1.21 bits per heavy atom. The summed E-state index contributed by atoms with van der Waals surface area (Å²) in [7, 11) is 5.06. The topological polar surface area (TPSA) is 59.6 Å². The molecule has 2 unspecified atom stereocenters. The van der Waals surface area contributed by atoms with Crippen molar-refractivity contribution in [1.29, 1.82) is 0 Å². The minimum atomic E-state index is -0.563. The van der Waals surface area contributed by atoms with Crippen molar-refractivity contribution in [1.82, 2.24) is 10.6 Å². The molecule has 2 N–H and O–H groups in total. The van der Waals surface area contributed by atoms with Gasteiger partial charge in [0.15, 0.2) is 17.6 Å². The maximum Gasteiger partial charge on any atom is 0.260 e. The number of methoxy groups -OCH3 is 1. The molecule has 5 nitrogen and oxygen atoms in total. The lowest BCUT2D eigenvalue weighted by Gasteiger charge is -2.18. The normalized spacial score (nSPS) is 13.5. The molecule has 0 fully saturated rings. The van der Waals surface area contributed by atoms with Crippen LogP contribution in [0.1, 0.15) is 25.5 Å². The largest absolute Gasteiger partial charge is 0.493 e. The lowest BCUT2D eigenvalue weighted by Crippen LogP contribution is -2.33. The number of likely N-dealkylation sites (N-methyl/N-ethyl adjacent to an activating group) is 1. The summed E-state index contributed by atoms with van der Waals surface area (Å²) < 4.78 is 10.9. The number of benzene rings is 1. The molecule has 0 radical (unpaired) electrons. The van der Waals surface area contributed by atoms with E-state index in [0.717, 1.165) is 5.56 Å². The van der Waals surface area contributed by atoms with Crippen LogP contribution in [0, 0.1) is 0 Å². The lowest BCUT2D eigenvalue weighted by atomic mass is 10.1. The van der Waals surface area contributed by atoms with E-state index in [4.69, 9.17) is 9.47 Å². The highest BCUT2D eigenvalue weighted by atomic mass is 16.5. The average molecular weight is 266 g/mol. The number of amides is 1. The van der Waals surface area contributed by atoms with Gasteiger partial charge in [0.1, 0.15) is 0 Å². The second kappa shape index (κ2) is 6.99. The first-order chi connectivity index (χ1) is 9.03. The summed E-state index contributed by atoms with van der Waals surface area (Å²) in [6.07, 6.45) is -0.563. The molecule has 1 aromatic rings. The predicted molar refractivity (Wildman–Crippen MR) is 74.6 cm³/mol. The second-order valence-corrected chi connectivity index (χ2v) is 4.29. The molecule has 5 heteroatoms. The van der Waals surface area contributed by atoms with Crippen molar-refractivity contribution in [3.05, 3.63) is 23.8 Å². The van der Waals surface area contributed by atoms with Gasteiger partial charge in [-0.05, 0) is 38.6 Å². The molecule has 1 aromatic carbocycles. The molecule has 106 valence electrons. The summed E-state index contributed by atoms with van der Waals surface area (Å²) >= 11 is 0. The Hall–Kier alpha value is -1.75. The maximum atomic E-state index is 11.5. The Balaban J connectivity index is 2.93. The summed E-state index contributed by atoms with van der Waals surface area (Å²) in [6.45, 7) is 3.75. The van der Waals surface area contributed by atoms with E-state index in [1.807, 2.05) is 25.2 Å². The Kier molecular flexibility index (Phi) is 5.63. The molecule has 0 bridgehead atoms. The first-order valence-corrected chi connectivity index (χ1v) is 6.27. The molecule has 1 amide bonds. The minimum Gasteiger partial charge on any atom is -0.493 e. The van der Waals surface area contributed by atoms with E-state index in [1.165, 1.54) is 0 Å². The van der Waals surface area contributed by atoms with E-state index in [9.17, 15) is 4.79 Å². The van der Waals surface area contributed by atoms with Crippen LogP contribution in [0.25, 0.3) is 0 Å². The second-order valence-electron chi connectivity index (χ2n) is 4.29. The number of rotatable bonds is 6. The molecule has 0 aromatic heterocycles. The van der Waals surface area contributed by atoms with Gasteiger partial charge in [-0.3, -0.25) is 4.79 Å². The van der Waals surface area contributed by atoms with Crippen LogP contribution in [0.3, 0.4) is 0 Å². The third-order valence-corrected chi connectivity index (χ3v) is 3.04. The fourth-order valence-electron chi connectivity index (χ4n) is 1.66.